The molecule has 0 saturated carbocycles. The number of carbonyl (C=O) groups excluding carboxylic acids is 2. The van der Waals surface area contributed by atoms with Gasteiger partial charge in [-0.1, -0.05) is 68.2 Å². The third-order valence-corrected chi connectivity index (χ3v) is 7.29. The molecule has 1 N–H and O–H groups in total. The average Bonchev–Trinajstić information content (AvgIpc) is 2.79. The summed E-state index contributed by atoms with van der Waals surface area (Å²) in [6, 6.07) is 11.1. The zero-order valence-electron chi connectivity index (χ0n) is 20.7. The quantitative estimate of drug-likeness (QED) is 0.441. The van der Waals surface area contributed by atoms with E-state index in [2.05, 4.69) is 5.32 Å². The summed E-state index contributed by atoms with van der Waals surface area (Å²) in [5, 5.41) is 3.59. The molecule has 0 radical (unpaired) electrons. The molecule has 0 aliphatic carbocycles. The lowest BCUT2D eigenvalue weighted by molar-refractivity contribution is -0.139. The van der Waals surface area contributed by atoms with Gasteiger partial charge in [-0.05, 0) is 48.6 Å². The molecule has 0 fully saturated rings. The van der Waals surface area contributed by atoms with E-state index in [1.165, 1.54) is 4.90 Å². The minimum Gasteiger partial charge on any atom is -0.354 e. The van der Waals surface area contributed by atoms with E-state index in [1.54, 1.807) is 37.3 Å². The molecular weight excluding hydrogens is 509 g/mol. The van der Waals surface area contributed by atoms with Crippen LogP contribution in [-0.4, -0.2) is 50.5 Å². The second-order valence-corrected chi connectivity index (χ2v) is 11.5. The molecule has 0 saturated heterocycles. The van der Waals surface area contributed by atoms with Gasteiger partial charge in [-0.25, -0.2) is 8.42 Å². The molecule has 10 heteroatoms. The third-order valence-electron chi connectivity index (χ3n) is 5.58. The molecule has 0 aliphatic rings. The molecule has 2 aromatic carbocycles. The van der Waals surface area contributed by atoms with Crippen LogP contribution in [0.25, 0.3) is 0 Å². The molecule has 35 heavy (non-hydrogen) atoms. The first-order valence-corrected chi connectivity index (χ1v) is 14.0. The van der Waals surface area contributed by atoms with Crippen molar-refractivity contribution in [3.05, 3.63) is 63.6 Å². The maximum Gasteiger partial charge on any atom is 0.244 e. The molecule has 0 unspecified atom stereocenters. The van der Waals surface area contributed by atoms with Crippen molar-refractivity contribution in [1.82, 2.24) is 10.2 Å². The van der Waals surface area contributed by atoms with Gasteiger partial charge in [-0.2, -0.15) is 0 Å². The van der Waals surface area contributed by atoms with Crippen molar-refractivity contribution in [3.63, 3.8) is 0 Å². The fourth-order valence-corrected chi connectivity index (χ4v) is 4.95. The zero-order valence-corrected chi connectivity index (χ0v) is 23.0. The minimum absolute atomic E-state index is 0.0129. The SMILES string of the molecule is CCCNC(=O)[C@@H](C)N(Cc1ccc(Cl)cc1Cl)C(=O)CN(c1ccccc1C(C)C)S(C)(=O)=O. The summed E-state index contributed by atoms with van der Waals surface area (Å²) in [4.78, 5) is 27.8. The second kappa shape index (κ2) is 12.6. The first-order valence-electron chi connectivity index (χ1n) is 11.4. The van der Waals surface area contributed by atoms with E-state index in [1.807, 2.05) is 32.9 Å². The molecule has 0 heterocycles. The first kappa shape index (κ1) is 28.9. The van der Waals surface area contributed by atoms with Crippen LogP contribution in [0.4, 0.5) is 5.69 Å². The number of halogens is 2. The second-order valence-electron chi connectivity index (χ2n) is 8.71. The van der Waals surface area contributed by atoms with Crippen LogP contribution in [-0.2, 0) is 26.2 Å². The zero-order chi connectivity index (χ0) is 26.3. The molecule has 0 aliphatic heterocycles. The van der Waals surface area contributed by atoms with Crippen molar-refractivity contribution in [2.24, 2.45) is 0 Å². The Bertz CT molecular complexity index is 1160. The van der Waals surface area contributed by atoms with Crippen LogP contribution in [0.3, 0.4) is 0 Å². The predicted octanol–water partition coefficient (Wildman–Crippen LogP) is 4.83. The smallest absolute Gasteiger partial charge is 0.244 e. The molecule has 192 valence electrons. The van der Waals surface area contributed by atoms with Crippen LogP contribution < -0.4 is 9.62 Å². The summed E-state index contributed by atoms with van der Waals surface area (Å²) in [5.41, 5.74) is 1.82. The van der Waals surface area contributed by atoms with Crippen LogP contribution in [0.2, 0.25) is 10.0 Å². The molecule has 1 atom stereocenters. The number of anilines is 1. The van der Waals surface area contributed by atoms with Gasteiger partial charge in [0.25, 0.3) is 0 Å². The van der Waals surface area contributed by atoms with E-state index < -0.39 is 28.5 Å². The molecule has 2 aromatic rings. The Labute approximate surface area is 218 Å². The number of nitrogens with one attached hydrogen (secondary N) is 1. The van der Waals surface area contributed by atoms with E-state index in [9.17, 15) is 18.0 Å². The largest absolute Gasteiger partial charge is 0.354 e. The Morgan fingerprint density at radius 2 is 1.71 bits per heavy atom. The molecular formula is C25H33Cl2N3O4S. The van der Waals surface area contributed by atoms with Crippen LogP contribution >= 0.6 is 23.2 Å². The Morgan fingerprint density at radius 3 is 2.29 bits per heavy atom. The lowest BCUT2D eigenvalue weighted by atomic mass is 10.0. The molecule has 0 aromatic heterocycles. The van der Waals surface area contributed by atoms with Gasteiger partial charge in [0.2, 0.25) is 21.8 Å². The van der Waals surface area contributed by atoms with E-state index in [0.29, 0.717) is 27.8 Å². The van der Waals surface area contributed by atoms with Crippen molar-refractivity contribution < 1.29 is 18.0 Å². The van der Waals surface area contributed by atoms with Gasteiger partial charge in [0, 0.05) is 23.1 Å². The van der Waals surface area contributed by atoms with Gasteiger partial charge in [0.05, 0.1) is 11.9 Å². The first-order chi connectivity index (χ1) is 16.4. The molecule has 2 amide bonds. The normalized spacial score (nSPS) is 12.3. The van der Waals surface area contributed by atoms with Crippen molar-refractivity contribution >= 4 is 50.7 Å². The van der Waals surface area contributed by atoms with Gasteiger partial charge in [-0.3, -0.25) is 13.9 Å². The van der Waals surface area contributed by atoms with Gasteiger partial charge in [0.1, 0.15) is 12.6 Å². The highest BCUT2D eigenvalue weighted by Gasteiger charge is 2.31. The predicted molar refractivity (Wildman–Crippen MR) is 142 cm³/mol. The number of amides is 2. The van der Waals surface area contributed by atoms with Crippen LogP contribution in [0.1, 0.15) is 51.2 Å². The summed E-state index contributed by atoms with van der Waals surface area (Å²) >= 11 is 12.4. The Hall–Kier alpha value is -2.29. The maximum absolute atomic E-state index is 13.6. The van der Waals surface area contributed by atoms with E-state index in [4.69, 9.17) is 23.2 Å². The summed E-state index contributed by atoms with van der Waals surface area (Å²) in [7, 11) is -3.81. The van der Waals surface area contributed by atoms with Gasteiger partial charge >= 0.3 is 0 Å². The summed E-state index contributed by atoms with van der Waals surface area (Å²) < 4.78 is 26.7. The standard InChI is InChI=1S/C25H33Cl2N3O4S/c1-6-13-28-25(32)18(4)29(15-19-11-12-20(26)14-22(19)27)24(31)16-30(35(5,33)34)23-10-8-7-9-21(23)17(2)3/h7-12,14,17-18H,6,13,15-16H2,1-5H3,(H,28,32)/t18-/m1/s1. The molecule has 7 nitrogen and oxygen atoms in total. The Morgan fingerprint density at radius 1 is 1.06 bits per heavy atom. The van der Waals surface area contributed by atoms with Gasteiger partial charge in [-0.15, -0.1) is 0 Å². The molecule has 2 rings (SSSR count). The van der Waals surface area contributed by atoms with E-state index >= 15 is 0 Å². The number of nitrogens with zero attached hydrogens (tertiary/aromatic N) is 2. The summed E-state index contributed by atoms with van der Waals surface area (Å²) in [6.45, 7) is 7.46. The lowest BCUT2D eigenvalue weighted by Crippen LogP contribution is -2.51. The number of hydrogen-bond donors (Lipinski definition) is 1. The fourth-order valence-electron chi connectivity index (χ4n) is 3.61. The number of rotatable bonds is 11. The number of hydrogen-bond acceptors (Lipinski definition) is 4. The lowest BCUT2D eigenvalue weighted by Gasteiger charge is -2.32. The third kappa shape index (κ3) is 7.85. The Balaban J connectivity index is 2.47. The van der Waals surface area contributed by atoms with Crippen LogP contribution in [0.15, 0.2) is 42.5 Å². The summed E-state index contributed by atoms with van der Waals surface area (Å²) in [5.74, 6) is -0.828. The van der Waals surface area contributed by atoms with E-state index in [0.717, 1.165) is 22.5 Å². The van der Waals surface area contributed by atoms with Gasteiger partial charge < -0.3 is 10.2 Å². The van der Waals surface area contributed by atoms with Crippen LogP contribution in [0, 0.1) is 0 Å². The number of sulfonamides is 1. The Kier molecular flexibility index (Phi) is 10.4. The van der Waals surface area contributed by atoms with Crippen molar-refractivity contribution in [2.45, 2.75) is 52.6 Å². The van der Waals surface area contributed by atoms with Crippen molar-refractivity contribution in [2.75, 3.05) is 23.7 Å². The monoisotopic (exact) mass is 541 g/mol. The summed E-state index contributed by atoms with van der Waals surface area (Å²) in [6.07, 6.45) is 1.80. The highest BCUT2D eigenvalue weighted by atomic mass is 35.5. The topological polar surface area (TPSA) is 86.8 Å². The van der Waals surface area contributed by atoms with Crippen molar-refractivity contribution in [3.8, 4) is 0 Å². The number of benzene rings is 2. The minimum atomic E-state index is -3.81. The highest BCUT2D eigenvalue weighted by molar-refractivity contribution is 7.92. The van der Waals surface area contributed by atoms with Gasteiger partial charge in [0.15, 0.2) is 0 Å². The maximum atomic E-state index is 13.6. The van der Waals surface area contributed by atoms with E-state index in [-0.39, 0.29) is 18.4 Å². The average molecular weight is 543 g/mol. The van der Waals surface area contributed by atoms with Crippen LogP contribution in [0.5, 0.6) is 0 Å². The number of para-hydroxylation sites is 1. The van der Waals surface area contributed by atoms with Crippen molar-refractivity contribution in [1.29, 1.82) is 0 Å². The molecule has 0 spiro atoms. The molecule has 0 bridgehead atoms. The fraction of sp³-hybridized carbons (Fsp3) is 0.440. The number of carbonyl (C=O) groups is 2. The highest BCUT2D eigenvalue weighted by Crippen LogP contribution is 2.29.